The van der Waals surface area contributed by atoms with Crippen molar-refractivity contribution in [3.63, 3.8) is 0 Å². The minimum Gasteiger partial charge on any atom is -0.393 e. The molecule has 0 spiro atoms. The summed E-state index contributed by atoms with van der Waals surface area (Å²) in [6.07, 6.45) is 11.5. The Kier molecular flexibility index (Phi) is 6.31. The third-order valence-electron chi connectivity index (χ3n) is 3.95. The molecule has 0 aliphatic heterocycles. The van der Waals surface area contributed by atoms with Crippen LogP contribution in [0.2, 0.25) is 0 Å². The van der Waals surface area contributed by atoms with Crippen LogP contribution in [-0.4, -0.2) is 11.2 Å². The quantitative estimate of drug-likeness (QED) is 0.701. The van der Waals surface area contributed by atoms with Gasteiger partial charge in [0.25, 0.3) is 0 Å². The zero-order valence-corrected chi connectivity index (χ0v) is 10.5. The van der Waals surface area contributed by atoms with Gasteiger partial charge in [-0.25, -0.2) is 0 Å². The van der Waals surface area contributed by atoms with Gasteiger partial charge in [-0.15, -0.1) is 0 Å². The molecule has 1 aliphatic carbocycles. The van der Waals surface area contributed by atoms with Gasteiger partial charge >= 0.3 is 0 Å². The number of hydrogen-bond acceptors (Lipinski definition) is 1. The molecule has 1 fully saturated rings. The number of rotatable bonds is 6. The molecule has 3 unspecified atom stereocenters. The van der Waals surface area contributed by atoms with E-state index in [4.69, 9.17) is 0 Å². The summed E-state index contributed by atoms with van der Waals surface area (Å²) in [6, 6.07) is 0. The van der Waals surface area contributed by atoms with E-state index in [0.29, 0.717) is 5.92 Å². The highest BCUT2D eigenvalue weighted by Crippen LogP contribution is 2.35. The lowest BCUT2D eigenvalue weighted by atomic mass is 9.75. The molecular weight excluding hydrogens is 184 g/mol. The maximum absolute atomic E-state index is 9.94. The highest BCUT2D eigenvalue weighted by molar-refractivity contribution is 4.79. The summed E-state index contributed by atoms with van der Waals surface area (Å²) in [6.45, 7) is 4.51. The first-order valence-electron chi connectivity index (χ1n) is 6.96. The second-order valence-corrected chi connectivity index (χ2v) is 5.29. The second-order valence-electron chi connectivity index (χ2n) is 5.29. The van der Waals surface area contributed by atoms with E-state index in [9.17, 15) is 5.11 Å². The van der Waals surface area contributed by atoms with E-state index >= 15 is 0 Å². The minimum absolute atomic E-state index is 0.00873. The third-order valence-corrected chi connectivity index (χ3v) is 3.95. The molecule has 3 atom stereocenters. The molecule has 1 N–H and O–H groups in total. The van der Waals surface area contributed by atoms with E-state index in [1.807, 2.05) is 0 Å². The van der Waals surface area contributed by atoms with Crippen LogP contribution in [0.3, 0.4) is 0 Å². The Morgan fingerprint density at radius 2 is 1.67 bits per heavy atom. The lowest BCUT2D eigenvalue weighted by molar-refractivity contribution is 0.0405. The highest BCUT2D eigenvalue weighted by atomic mass is 16.3. The van der Waals surface area contributed by atoms with Gasteiger partial charge in [0.15, 0.2) is 0 Å². The molecule has 0 heterocycles. The monoisotopic (exact) mass is 212 g/mol. The molecule has 15 heavy (non-hydrogen) atoms. The molecule has 1 nitrogen and oxygen atoms in total. The van der Waals surface area contributed by atoms with Gasteiger partial charge in [-0.3, -0.25) is 0 Å². The van der Waals surface area contributed by atoms with Crippen molar-refractivity contribution >= 4 is 0 Å². The van der Waals surface area contributed by atoms with E-state index in [1.54, 1.807) is 0 Å². The largest absolute Gasteiger partial charge is 0.393 e. The zero-order chi connectivity index (χ0) is 11.1. The molecule has 1 aliphatic rings. The van der Waals surface area contributed by atoms with Crippen molar-refractivity contribution in [1.29, 1.82) is 0 Å². The molecule has 0 aromatic carbocycles. The molecule has 1 rings (SSSR count). The summed E-state index contributed by atoms with van der Waals surface area (Å²) in [5, 5.41) is 9.94. The van der Waals surface area contributed by atoms with Gasteiger partial charge in [0.05, 0.1) is 6.10 Å². The van der Waals surface area contributed by atoms with Crippen LogP contribution < -0.4 is 0 Å². The fourth-order valence-corrected chi connectivity index (χ4v) is 2.88. The lowest BCUT2D eigenvalue weighted by Gasteiger charge is -2.33. The number of unbranched alkanes of at least 4 members (excludes halogenated alkanes) is 2. The molecule has 0 radical (unpaired) electrons. The lowest BCUT2D eigenvalue weighted by Crippen LogP contribution is -2.29. The van der Waals surface area contributed by atoms with Gasteiger partial charge in [-0.05, 0) is 37.5 Å². The van der Waals surface area contributed by atoms with Crippen LogP contribution in [0.15, 0.2) is 0 Å². The van der Waals surface area contributed by atoms with Crippen molar-refractivity contribution in [2.75, 3.05) is 0 Å². The normalized spacial score (nSPS) is 31.8. The summed E-state index contributed by atoms with van der Waals surface area (Å²) in [7, 11) is 0. The summed E-state index contributed by atoms with van der Waals surface area (Å²) in [5.41, 5.74) is 0. The Labute approximate surface area is 95.3 Å². The predicted octanol–water partition coefficient (Wildman–Crippen LogP) is 4.14. The van der Waals surface area contributed by atoms with Gasteiger partial charge in [0.2, 0.25) is 0 Å². The molecule has 0 aromatic rings. The molecule has 1 heteroatoms. The van der Waals surface area contributed by atoms with Crippen molar-refractivity contribution in [3.05, 3.63) is 0 Å². The molecule has 0 saturated heterocycles. The molecule has 1 saturated carbocycles. The van der Waals surface area contributed by atoms with Crippen LogP contribution in [0, 0.1) is 11.8 Å². The van der Waals surface area contributed by atoms with Crippen LogP contribution in [0.25, 0.3) is 0 Å². The first-order chi connectivity index (χ1) is 7.27. The Balaban J connectivity index is 2.27. The standard InChI is InChI=1S/C14H28O/c1-3-5-7-12-9-10-14(15)13(11-12)8-6-4-2/h12-15H,3-11H2,1-2H3. The van der Waals surface area contributed by atoms with Gasteiger partial charge in [0, 0.05) is 0 Å². The van der Waals surface area contributed by atoms with E-state index in [2.05, 4.69) is 13.8 Å². The van der Waals surface area contributed by atoms with E-state index in [0.717, 1.165) is 12.3 Å². The Bertz CT molecular complexity index is 153. The molecular formula is C14H28O. The van der Waals surface area contributed by atoms with Crippen LogP contribution in [0.1, 0.15) is 71.6 Å². The summed E-state index contributed by atoms with van der Waals surface area (Å²) in [5.74, 6) is 1.52. The molecule has 0 amide bonds. The first kappa shape index (κ1) is 13.0. The van der Waals surface area contributed by atoms with Gasteiger partial charge in [0.1, 0.15) is 0 Å². The average Bonchev–Trinajstić information content (AvgIpc) is 2.26. The van der Waals surface area contributed by atoms with Crippen LogP contribution in [-0.2, 0) is 0 Å². The maximum Gasteiger partial charge on any atom is 0.0568 e. The van der Waals surface area contributed by atoms with E-state index in [-0.39, 0.29) is 6.10 Å². The minimum atomic E-state index is 0.00873. The molecule has 0 bridgehead atoms. The Morgan fingerprint density at radius 3 is 2.33 bits per heavy atom. The SMILES string of the molecule is CCCCC1CCC(O)C(CCCC)C1. The maximum atomic E-state index is 9.94. The smallest absolute Gasteiger partial charge is 0.0568 e. The number of aliphatic hydroxyl groups is 1. The van der Waals surface area contributed by atoms with Crippen LogP contribution >= 0.6 is 0 Å². The average molecular weight is 212 g/mol. The Morgan fingerprint density at radius 1 is 1.00 bits per heavy atom. The van der Waals surface area contributed by atoms with E-state index < -0.39 is 0 Å². The van der Waals surface area contributed by atoms with Gasteiger partial charge in [-0.2, -0.15) is 0 Å². The second kappa shape index (κ2) is 7.27. The fraction of sp³-hybridized carbons (Fsp3) is 1.00. The van der Waals surface area contributed by atoms with E-state index in [1.165, 1.54) is 51.4 Å². The number of hydrogen-bond donors (Lipinski definition) is 1. The predicted molar refractivity (Wildman–Crippen MR) is 65.9 cm³/mol. The molecule has 90 valence electrons. The van der Waals surface area contributed by atoms with Crippen molar-refractivity contribution in [2.45, 2.75) is 77.7 Å². The first-order valence-corrected chi connectivity index (χ1v) is 6.96. The third kappa shape index (κ3) is 4.55. The zero-order valence-electron chi connectivity index (χ0n) is 10.5. The topological polar surface area (TPSA) is 20.2 Å². The van der Waals surface area contributed by atoms with Crippen LogP contribution in [0.5, 0.6) is 0 Å². The van der Waals surface area contributed by atoms with Crippen LogP contribution in [0.4, 0.5) is 0 Å². The van der Waals surface area contributed by atoms with Gasteiger partial charge in [-0.1, -0.05) is 46.0 Å². The summed E-state index contributed by atoms with van der Waals surface area (Å²) < 4.78 is 0. The molecule has 0 aromatic heterocycles. The summed E-state index contributed by atoms with van der Waals surface area (Å²) >= 11 is 0. The van der Waals surface area contributed by atoms with Crippen molar-refractivity contribution in [1.82, 2.24) is 0 Å². The van der Waals surface area contributed by atoms with Gasteiger partial charge < -0.3 is 5.11 Å². The number of aliphatic hydroxyl groups excluding tert-OH is 1. The van der Waals surface area contributed by atoms with Crippen molar-refractivity contribution < 1.29 is 5.11 Å². The highest BCUT2D eigenvalue weighted by Gasteiger charge is 2.27. The summed E-state index contributed by atoms with van der Waals surface area (Å²) in [4.78, 5) is 0. The fourth-order valence-electron chi connectivity index (χ4n) is 2.88. The van der Waals surface area contributed by atoms with Crippen molar-refractivity contribution in [3.8, 4) is 0 Å². The van der Waals surface area contributed by atoms with Crippen molar-refractivity contribution in [2.24, 2.45) is 11.8 Å². The Hall–Kier alpha value is -0.0400.